The zero-order chi connectivity index (χ0) is 17.1. The predicted molar refractivity (Wildman–Crippen MR) is 91.7 cm³/mol. The van der Waals surface area contributed by atoms with Gasteiger partial charge in [0.05, 0.1) is 33.6 Å². The highest BCUT2D eigenvalue weighted by Crippen LogP contribution is 2.33. The largest absolute Gasteiger partial charge is 0.278 e. The molecule has 0 saturated heterocycles. The maximum absolute atomic E-state index is 12.2. The molecule has 1 heterocycles. The molecule has 0 spiro atoms. The molecule has 122 valence electrons. The van der Waals surface area contributed by atoms with Crippen molar-refractivity contribution < 1.29 is 9.63 Å². The number of aryl methyl sites for hydroxylation is 1. The van der Waals surface area contributed by atoms with Crippen molar-refractivity contribution >= 4 is 40.7 Å². The number of halogens is 3. The second-order valence-corrected chi connectivity index (χ2v) is 5.96. The molecule has 0 aliphatic carbocycles. The molecule has 0 aliphatic rings. The van der Waals surface area contributed by atoms with Crippen LogP contribution in [-0.2, 0) is 4.84 Å². The third-order valence-electron chi connectivity index (χ3n) is 3.08. The van der Waals surface area contributed by atoms with E-state index in [0.29, 0.717) is 37.7 Å². The Kier molecular flexibility index (Phi) is 5.70. The van der Waals surface area contributed by atoms with Crippen LogP contribution in [0.2, 0.25) is 15.1 Å². The zero-order valence-corrected chi connectivity index (χ0v) is 14.8. The standard InChI is InChI=1S/C15H14Cl3N3O2/c1-4-5-23-20-15(22)13-8(2)19-21(9(13)3)14-11(17)6-10(16)7-12(14)18/h4,6-7H,1,5H2,2-3H3,(H,20,22). The molecule has 1 aromatic carbocycles. The van der Waals surface area contributed by atoms with Crippen molar-refractivity contribution in [3.63, 3.8) is 0 Å². The number of rotatable bonds is 5. The summed E-state index contributed by atoms with van der Waals surface area (Å²) in [7, 11) is 0. The summed E-state index contributed by atoms with van der Waals surface area (Å²) in [5.41, 5.74) is 4.28. The van der Waals surface area contributed by atoms with E-state index in [1.165, 1.54) is 10.8 Å². The van der Waals surface area contributed by atoms with Gasteiger partial charge in [-0.25, -0.2) is 10.2 Å². The Morgan fingerprint density at radius 3 is 2.52 bits per heavy atom. The quantitative estimate of drug-likeness (QED) is 0.482. The molecular formula is C15H14Cl3N3O2. The van der Waals surface area contributed by atoms with Crippen molar-refractivity contribution in [3.05, 3.63) is 56.8 Å². The number of carbonyl (C=O) groups excluding carboxylic acids is 1. The molecule has 0 radical (unpaired) electrons. The second kappa shape index (κ2) is 7.36. The topological polar surface area (TPSA) is 56.1 Å². The molecular weight excluding hydrogens is 361 g/mol. The van der Waals surface area contributed by atoms with Crippen LogP contribution in [0, 0.1) is 13.8 Å². The van der Waals surface area contributed by atoms with E-state index >= 15 is 0 Å². The van der Waals surface area contributed by atoms with Crippen LogP contribution in [0.4, 0.5) is 0 Å². The summed E-state index contributed by atoms with van der Waals surface area (Å²) < 4.78 is 1.51. The number of hydrogen-bond acceptors (Lipinski definition) is 3. The molecule has 5 nitrogen and oxygen atoms in total. The number of carbonyl (C=O) groups is 1. The van der Waals surface area contributed by atoms with E-state index < -0.39 is 5.91 Å². The fourth-order valence-electron chi connectivity index (χ4n) is 2.14. The summed E-state index contributed by atoms with van der Waals surface area (Å²) in [6.45, 7) is 7.16. The number of amides is 1. The van der Waals surface area contributed by atoms with Crippen LogP contribution in [0.1, 0.15) is 21.7 Å². The molecule has 0 bridgehead atoms. The van der Waals surface area contributed by atoms with Gasteiger partial charge in [-0.3, -0.25) is 9.63 Å². The minimum atomic E-state index is -0.408. The van der Waals surface area contributed by atoms with Crippen LogP contribution < -0.4 is 5.48 Å². The first-order chi connectivity index (χ1) is 10.9. The lowest BCUT2D eigenvalue weighted by molar-refractivity contribution is 0.0420. The smallest absolute Gasteiger partial charge is 0.269 e. The highest BCUT2D eigenvalue weighted by atomic mass is 35.5. The van der Waals surface area contributed by atoms with Crippen LogP contribution in [0.25, 0.3) is 5.69 Å². The van der Waals surface area contributed by atoms with Crippen LogP contribution in [0.3, 0.4) is 0 Å². The Balaban J connectivity index is 2.46. The Morgan fingerprint density at radius 2 is 1.96 bits per heavy atom. The van der Waals surface area contributed by atoms with E-state index in [2.05, 4.69) is 17.2 Å². The Bertz CT molecular complexity index is 749. The Hall–Kier alpha value is -1.53. The summed E-state index contributed by atoms with van der Waals surface area (Å²) in [5, 5.41) is 5.44. The molecule has 0 atom stereocenters. The lowest BCUT2D eigenvalue weighted by Gasteiger charge is -2.10. The van der Waals surface area contributed by atoms with E-state index in [1.54, 1.807) is 26.0 Å². The fraction of sp³-hybridized carbons (Fsp3) is 0.200. The minimum absolute atomic E-state index is 0.201. The number of benzene rings is 1. The maximum atomic E-state index is 12.2. The number of hydroxylamine groups is 1. The van der Waals surface area contributed by atoms with E-state index in [1.807, 2.05) is 0 Å². The van der Waals surface area contributed by atoms with Gasteiger partial charge in [-0.2, -0.15) is 5.10 Å². The summed E-state index contributed by atoms with van der Waals surface area (Å²) in [4.78, 5) is 17.2. The monoisotopic (exact) mass is 373 g/mol. The van der Waals surface area contributed by atoms with Gasteiger partial charge in [-0.15, -0.1) is 6.58 Å². The van der Waals surface area contributed by atoms with Gasteiger partial charge >= 0.3 is 0 Å². The van der Waals surface area contributed by atoms with Crippen LogP contribution >= 0.6 is 34.8 Å². The highest BCUT2D eigenvalue weighted by Gasteiger charge is 2.22. The average molecular weight is 375 g/mol. The van der Waals surface area contributed by atoms with Crippen molar-refractivity contribution in [2.24, 2.45) is 0 Å². The van der Waals surface area contributed by atoms with Crippen molar-refractivity contribution in [2.45, 2.75) is 13.8 Å². The molecule has 0 fully saturated rings. The lowest BCUT2D eigenvalue weighted by atomic mass is 10.2. The average Bonchev–Trinajstić information content (AvgIpc) is 2.73. The van der Waals surface area contributed by atoms with Gasteiger partial charge in [0.15, 0.2) is 0 Å². The molecule has 1 aromatic heterocycles. The maximum Gasteiger partial charge on any atom is 0.278 e. The van der Waals surface area contributed by atoms with E-state index in [9.17, 15) is 4.79 Å². The van der Waals surface area contributed by atoms with E-state index in [0.717, 1.165) is 0 Å². The Labute approximate surface area is 148 Å². The lowest BCUT2D eigenvalue weighted by Crippen LogP contribution is -2.25. The first-order valence-electron chi connectivity index (χ1n) is 6.61. The summed E-state index contributed by atoms with van der Waals surface area (Å²) in [5.74, 6) is -0.408. The van der Waals surface area contributed by atoms with Gasteiger partial charge in [-0.1, -0.05) is 40.9 Å². The van der Waals surface area contributed by atoms with Crippen LogP contribution in [0.15, 0.2) is 24.8 Å². The van der Waals surface area contributed by atoms with Gasteiger partial charge in [0, 0.05) is 5.02 Å². The normalized spacial score (nSPS) is 10.7. The molecule has 8 heteroatoms. The molecule has 1 N–H and O–H groups in total. The van der Waals surface area contributed by atoms with E-state index in [-0.39, 0.29) is 6.61 Å². The van der Waals surface area contributed by atoms with Gasteiger partial charge < -0.3 is 0 Å². The summed E-state index contributed by atoms with van der Waals surface area (Å²) in [6, 6.07) is 3.13. The number of aromatic nitrogens is 2. The third-order valence-corrected chi connectivity index (χ3v) is 3.87. The second-order valence-electron chi connectivity index (χ2n) is 4.71. The fourth-order valence-corrected chi connectivity index (χ4v) is 3.12. The molecule has 23 heavy (non-hydrogen) atoms. The highest BCUT2D eigenvalue weighted by molar-refractivity contribution is 6.40. The van der Waals surface area contributed by atoms with Crippen molar-refractivity contribution in [3.8, 4) is 5.69 Å². The van der Waals surface area contributed by atoms with Gasteiger partial charge in [0.25, 0.3) is 5.91 Å². The SMILES string of the molecule is C=CCONC(=O)c1c(C)nn(-c2c(Cl)cc(Cl)cc2Cl)c1C. The molecule has 2 aromatic rings. The van der Waals surface area contributed by atoms with Gasteiger partial charge in [0.2, 0.25) is 0 Å². The van der Waals surface area contributed by atoms with Crippen molar-refractivity contribution in [1.82, 2.24) is 15.3 Å². The molecule has 2 rings (SSSR count). The zero-order valence-electron chi connectivity index (χ0n) is 12.5. The number of hydrogen-bond donors (Lipinski definition) is 1. The summed E-state index contributed by atoms with van der Waals surface area (Å²) in [6.07, 6.45) is 1.52. The molecule has 0 unspecified atom stereocenters. The van der Waals surface area contributed by atoms with Gasteiger partial charge in [0.1, 0.15) is 5.69 Å². The summed E-state index contributed by atoms with van der Waals surface area (Å²) >= 11 is 18.4. The van der Waals surface area contributed by atoms with Crippen molar-refractivity contribution in [1.29, 1.82) is 0 Å². The number of nitrogens with one attached hydrogen (secondary N) is 1. The first kappa shape index (κ1) is 17.8. The number of nitrogens with zero attached hydrogens (tertiary/aromatic N) is 2. The molecule has 1 amide bonds. The van der Waals surface area contributed by atoms with Crippen molar-refractivity contribution in [2.75, 3.05) is 6.61 Å². The molecule has 0 aliphatic heterocycles. The van der Waals surface area contributed by atoms with E-state index in [4.69, 9.17) is 39.6 Å². The van der Waals surface area contributed by atoms with Gasteiger partial charge in [-0.05, 0) is 26.0 Å². The van der Waals surface area contributed by atoms with Crippen LogP contribution in [0.5, 0.6) is 0 Å². The minimum Gasteiger partial charge on any atom is -0.269 e. The van der Waals surface area contributed by atoms with Crippen LogP contribution in [-0.4, -0.2) is 22.3 Å². The Morgan fingerprint density at radius 1 is 1.35 bits per heavy atom. The predicted octanol–water partition coefficient (Wildman–Crippen LogP) is 4.30. The molecule has 0 saturated carbocycles. The third kappa shape index (κ3) is 3.70. The first-order valence-corrected chi connectivity index (χ1v) is 7.74.